The van der Waals surface area contributed by atoms with Crippen LogP contribution in [0.15, 0.2) is 0 Å². The van der Waals surface area contributed by atoms with Crippen molar-refractivity contribution in [2.45, 2.75) is 46.5 Å². The summed E-state index contributed by atoms with van der Waals surface area (Å²) in [5.74, 6) is 0.388. The highest BCUT2D eigenvalue weighted by atomic mass is 32.1. The van der Waals surface area contributed by atoms with Crippen LogP contribution in [0.25, 0.3) is 0 Å². The molecule has 1 aliphatic heterocycles. The van der Waals surface area contributed by atoms with E-state index in [-0.39, 0.29) is 5.91 Å². The van der Waals surface area contributed by atoms with Crippen LogP contribution in [0.3, 0.4) is 0 Å². The van der Waals surface area contributed by atoms with E-state index in [2.05, 4.69) is 24.1 Å². The van der Waals surface area contributed by atoms with Gasteiger partial charge in [-0.05, 0) is 25.2 Å². The number of nitrogen functional groups attached to an aromatic ring is 1. The van der Waals surface area contributed by atoms with Crippen molar-refractivity contribution in [3.05, 3.63) is 4.88 Å². The Kier molecular flexibility index (Phi) is 5.08. The normalized spacial score (nSPS) is 17.8. The lowest BCUT2D eigenvalue weighted by Crippen LogP contribution is -2.42. The van der Waals surface area contributed by atoms with Gasteiger partial charge in [-0.15, -0.1) is 0 Å². The molecule has 0 saturated carbocycles. The number of nitrogens with one attached hydrogen (secondary N) is 1. The van der Waals surface area contributed by atoms with Gasteiger partial charge >= 0.3 is 0 Å². The molecule has 21 heavy (non-hydrogen) atoms. The minimum Gasteiger partial charge on any atom is -0.382 e. The fourth-order valence-electron chi connectivity index (χ4n) is 3.00. The zero-order valence-corrected chi connectivity index (χ0v) is 14.1. The van der Waals surface area contributed by atoms with Gasteiger partial charge in [0.1, 0.15) is 10.7 Å². The molecule has 1 aromatic heterocycles. The van der Waals surface area contributed by atoms with Gasteiger partial charge in [0.05, 0.1) is 0 Å². The highest BCUT2D eigenvalue weighted by Gasteiger charge is 2.34. The van der Waals surface area contributed by atoms with E-state index < -0.39 is 0 Å². The number of thiazole rings is 1. The third kappa shape index (κ3) is 3.31. The van der Waals surface area contributed by atoms with Gasteiger partial charge in [-0.2, -0.15) is 0 Å². The molecule has 1 amide bonds. The molecule has 2 heterocycles. The van der Waals surface area contributed by atoms with E-state index in [0.29, 0.717) is 16.1 Å². The first-order valence-corrected chi connectivity index (χ1v) is 8.66. The van der Waals surface area contributed by atoms with Gasteiger partial charge in [0, 0.05) is 19.6 Å². The number of anilines is 2. The molecule has 6 heteroatoms. The molecule has 5 nitrogen and oxygen atoms in total. The number of carbonyl (C=O) groups excluding carboxylic acids is 1. The van der Waals surface area contributed by atoms with Crippen molar-refractivity contribution in [3.8, 4) is 0 Å². The zero-order chi connectivity index (χ0) is 15.5. The topological polar surface area (TPSA) is 71.2 Å². The van der Waals surface area contributed by atoms with Gasteiger partial charge in [-0.25, -0.2) is 4.98 Å². The number of nitrogens with two attached hydrogens (primary N) is 1. The van der Waals surface area contributed by atoms with E-state index in [1.54, 1.807) is 0 Å². The first kappa shape index (κ1) is 16.1. The van der Waals surface area contributed by atoms with Crippen LogP contribution in [0.5, 0.6) is 0 Å². The second kappa shape index (κ2) is 6.64. The van der Waals surface area contributed by atoms with Gasteiger partial charge in [0.15, 0.2) is 5.13 Å². The second-order valence-corrected chi connectivity index (χ2v) is 6.76. The molecule has 3 N–H and O–H groups in total. The van der Waals surface area contributed by atoms with Crippen molar-refractivity contribution >= 4 is 28.2 Å². The SMILES string of the molecule is CCNc1nc(N)c(C(=O)N2CCC(CC)(CC)CC2)s1. The maximum atomic E-state index is 12.6. The number of likely N-dealkylation sites (tertiary alicyclic amines) is 1. The minimum atomic E-state index is 0.0370. The van der Waals surface area contributed by atoms with Crippen LogP contribution in [0.2, 0.25) is 0 Å². The predicted molar refractivity (Wildman–Crippen MR) is 88.8 cm³/mol. The molecule has 118 valence electrons. The molecule has 1 aromatic rings. The number of carbonyl (C=O) groups is 1. The number of nitrogens with zero attached hydrogens (tertiary/aromatic N) is 2. The molecule has 2 rings (SSSR count). The van der Waals surface area contributed by atoms with Gasteiger partial charge in [-0.3, -0.25) is 4.79 Å². The van der Waals surface area contributed by atoms with Crippen LogP contribution >= 0.6 is 11.3 Å². The molecule has 0 aromatic carbocycles. The lowest BCUT2D eigenvalue weighted by atomic mass is 9.74. The molecule has 0 radical (unpaired) electrons. The fourth-order valence-corrected chi connectivity index (χ4v) is 3.92. The molecule has 0 atom stereocenters. The van der Waals surface area contributed by atoms with Crippen molar-refractivity contribution in [1.29, 1.82) is 0 Å². The minimum absolute atomic E-state index is 0.0370. The maximum Gasteiger partial charge on any atom is 0.267 e. The van der Waals surface area contributed by atoms with Crippen LogP contribution < -0.4 is 11.1 Å². The third-order valence-corrected chi connectivity index (χ3v) is 5.80. The maximum absolute atomic E-state index is 12.6. The average molecular weight is 310 g/mol. The van der Waals surface area contributed by atoms with Gasteiger partial charge in [-0.1, -0.05) is 38.0 Å². The van der Waals surface area contributed by atoms with Gasteiger partial charge in [0.2, 0.25) is 0 Å². The molecule has 0 unspecified atom stereocenters. The number of amides is 1. The number of piperidine rings is 1. The number of rotatable bonds is 5. The van der Waals surface area contributed by atoms with E-state index >= 15 is 0 Å². The fraction of sp³-hybridized carbons (Fsp3) is 0.733. The predicted octanol–water partition coefficient (Wildman–Crippen LogP) is 3.20. The summed E-state index contributed by atoms with van der Waals surface area (Å²) in [6.07, 6.45) is 4.56. The summed E-state index contributed by atoms with van der Waals surface area (Å²) in [7, 11) is 0. The lowest BCUT2D eigenvalue weighted by Gasteiger charge is -2.40. The van der Waals surface area contributed by atoms with E-state index in [1.165, 1.54) is 24.2 Å². The lowest BCUT2D eigenvalue weighted by molar-refractivity contribution is 0.0563. The molecule has 0 bridgehead atoms. The van der Waals surface area contributed by atoms with Crippen molar-refractivity contribution in [1.82, 2.24) is 9.88 Å². The average Bonchev–Trinajstić information content (AvgIpc) is 2.88. The van der Waals surface area contributed by atoms with Crippen LogP contribution in [-0.2, 0) is 0 Å². The first-order valence-electron chi connectivity index (χ1n) is 7.84. The van der Waals surface area contributed by atoms with E-state index in [1.807, 2.05) is 11.8 Å². The molecular weight excluding hydrogens is 284 g/mol. The monoisotopic (exact) mass is 310 g/mol. The smallest absolute Gasteiger partial charge is 0.267 e. The molecule has 1 aliphatic rings. The van der Waals surface area contributed by atoms with Gasteiger partial charge in [0.25, 0.3) is 5.91 Å². The summed E-state index contributed by atoms with van der Waals surface area (Å²) in [4.78, 5) is 19.3. The Hall–Kier alpha value is -1.30. The Bertz CT molecular complexity index is 486. The second-order valence-electron chi connectivity index (χ2n) is 5.76. The highest BCUT2D eigenvalue weighted by molar-refractivity contribution is 7.18. The van der Waals surface area contributed by atoms with Gasteiger partial charge < -0.3 is 16.0 Å². The summed E-state index contributed by atoms with van der Waals surface area (Å²) >= 11 is 1.36. The largest absolute Gasteiger partial charge is 0.382 e. The summed E-state index contributed by atoms with van der Waals surface area (Å²) < 4.78 is 0. The molecule has 0 spiro atoms. The molecule has 1 saturated heterocycles. The van der Waals surface area contributed by atoms with Crippen LogP contribution in [0.1, 0.15) is 56.1 Å². The van der Waals surface area contributed by atoms with E-state index in [0.717, 1.165) is 37.6 Å². The Morgan fingerprint density at radius 3 is 2.48 bits per heavy atom. The highest BCUT2D eigenvalue weighted by Crippen LogP contribution is 2.38. The van der Waals surface area contributed by atoms with E-state index in [4.69, 9.17) is 5.73 Å². The number of aromatic nitrogens is 1. The van der Waals surface area contributed by atoms with E-state index in [9.17, 15) is 4.79 Å². The van der Waals surface area contributed by atoms with Crippen LogP contribution in [-0.4, -0.2) is 35.4 Å². The van der Waals surface area contributed by atoms with Crippen LogP contribution in [0, 0.1) is 5.41 Å². The molecular formula is C15H26N4OS. The third-order valence-electron chi connectivity index (χ3n) is 4.79. The summed E-state index contributed by atoms with van der Waals surface area (Å²) in [6, 6.07) is 0. The van der Waals surface area contributed by atoms with Crippen molar-refractivity contribution in [3.63, 3.8) is 0 Å². The van der Waals surface area contributed by atoms with Crippen LogP contribution in [0.4, 0.5) is 10.9 Å². The Balaban J connectivity index is 2.05. The Morgan fingerprint density at radius 1 is 1.33 bits per heavy atom. The Labute approximate surface area is 130 Å². The summed E-state index contributed by atoms with van der Waals surface area (Å²) in [6.45, 7) is 8.94. The first-order chi connectivity index (χ1) is 10.0. The molecule has 0 aliphatic carbocycles. The zero-order valence-electron chi connectivity index (χ0n) is 13.2. The quantitative estimate of drug-likeness (QED) is 0.876. The van der Waals surface area contributed by atoms with Crippen molar-refractivity contribution in [2.24, 2.45) is 5.41 Å². The number of hydrogen-bond acceptors (Lipinski definition) is 5. The number of hydrogen-bond donors (Lipinski definition) is 2. The van der Waals surface area contributed by atoms with Crippen molar-refractivity contribution < 1.29 is 4.79 Å². The van der Waals surface area contributed by atoms with Crippen molar-refractivity contribution in [2.75, 3.05) is 30.7 Å². The molecule has 1 fully saturated rings. The summed E-state index contributed by atoms with van der Waals surface area (Å²) in [5.41, 5.74) is 6.32. The summed E-state index contributed by atoms with van der Waals surface area (Å²) in [5, 5.41) is 3.84. The standard InChI is InChI=1S/C15H26N4OS/c1-4-15(5-2)7-9-19(10-8-15)13(20)11-12(16)18-14(21-11)17-6-3/h4-10,16H2,1-3H3,(H,17,18). The Morgan fingerprint density at radius 2 is 1.95 bits per heavy atom.